The molecule has 1 aliphatic heterocycles. The zero-order valence-electron chi connectivity index (χ0n) is 12.7. The van der Waals surface area contributed by atoms with Gasteiger partial charge in [0, 0.05) is 18.7 Å². The molecule has 0 amide bonds. The first-order valence-electron chi connectivity index (χ1n) is 7.49. The van der Waals surface area contributed by atoms with Crippen LogP contribution in [-0.2, 0) is 4.74 Å². The number of ether oxygens (including phenoxy) is 1. The maximum atomic E-state index is 6.19. The van der Waals surface area contributed by atoms with Crippen molar-refractivity contribution < 1.29 is 4.74 Å². The summed E-state index contributed by atoms with van der Waals surface area (Å²) in [5.74, 6) is 0.915. The van der Waals surface area contributed by atoms with E-state index < -0.39 is 0 Å². The molecule has 0 spiro atoms. The van der Waals surface area contributed by atoms with Gasteiger partial charge in [-0.15, -0.1) is 0 Å². The van der Waals surface area contributed by atoms with Crippen LogP contribution in [0.1, 0.15) is 45.2 Å². The van der Waals surface area contributed by atoms with Crippen LogP contribution in [-0.4, -0.2) is 27.2 Å². The highest BCUT2D eigenvalue weighted by molar-refractivity contribution is 6.30. The number of anilines is 1. The fourth-order valence-electron chi connectivity index (χ4n) is 2.83. The number of hydrogen-bond acceptors (Lipinski definition) is 4. The first kappa shape index (κ1) is 14.6. The molecule has 1 fully saturated rings. The zero-order valence-corrected chi connectivity index (χ0v) is 13.4. The Kier molecular flexibility index (Phi) is 4.04. The maximum Gasteiger partial charge on any atom is 0.166 e. The quantitative estimate of drug-likeness (QED) is 0.873. The summed E-state index contributed by atoms with van der Waals surface area (Å²) in [4.78, 5) is 9.17. The lowest BCUT2D eigenvalue weighted by Crippen LogP contribution is -2.19. The lowest BCUT2D eigenvalue weighted by Gasteiger charge is -2.25. The van der Waals surface area contributed by atoms with Gasteiger partial charge in [0.15, 0.2) is 5.65 Å². The predicted molar refractivity (Wildman–Crippen MR) is 84.9 cm³/mol. The molecular formula is C15H21ClN4O. The molecule has 1 N–H and O–H groups in total. The lowest BCUT2D eigenvalue weighted by molar-refractivity contribution is -0.0309. The van der Waals surface area contributed by atoms with Crippen molar-refractivity contribution in [1.82, 2.24) is 14.5 Å². The van der Waals surface area contributed by atoms with Gasteiger partial charge in [-0.2, -0.15) is 0 Å². The van der Waals surface area contributed by atoms with Gasteiger partial charge in [0.25, 0.3) is 0 Å². The van der Waals surface area contributed by atoms with Crippen LogP contribution in [0.5, 0.6) is 0 Å². The molecule has 1 atom stereocenters. The van der Waals surface area contributed by atoms with Gasteiger partial charge in [-0.1, -0.05) is 11.6 Å². The minimum absolute atomic E-state index is 0.0154. The highest BCUT2D eigenvalue weighted by atomic mass is 35.5. The summed E-state index contributed by atoms with van der Waals surface area (Å²) in [7, 11) is 0. The molecule has 6 heteroatoms. The molecule has 0 aromatic carbocycles. The monoisotopic (exact) mass is 308 g/mol. The third-order valence-corrected chi connectivity index (χ3v) is 3.87. The number of imidazole rings is 1. The number of halogens is 1. The fourth-order valence-corrected chi connectivity index (χ4v) is 3.02. The summed E-state index contributed by atoms with van der Waals surface area (Å²) in [6.45, 7) is 6.97. The van der Waals surface area contributed by atoms with Crippen molar-refractivity contribution in [3.8, 4) is 0 Å². The number of nitrogens with zero attached hydrogens (tertiary/aromatic N) is 3. The normalized spacial score (nSPS) is 19.4. The van der Waals surface area contributed by atoms with Gasteiger partial charge in [-0.05, 0) is 40.0 Å². The summed E-state index contributed by atoms with van der Waals surface area (Å²) in [5, 5.41) is 3.87. The molecule has 0 bridgehead atoms. The van der Waals surface area contributed by atoms with E-state index in [-0.39, 0.29) is 6.23 Å². The number of pyridine rings is 1. The molecule has 21 heavy (non-hydrogen) atoms. The van der Waals surface area contributed by atoms with Crippen molar-refractivity contribution in [2.75, 3.05) is 11.9 Å². The van der Waals surface area contributed by atoms with Crippen LogP contribution in [0.4, 0.5) is 5.69 Å². The van der Waals surface area contributed by atoms with Crippen molar-refractivity contribution in [3.05, 3.63) is 17.0 Å². The van der Waals surface area contributed by atoms with Crippen molar-refractivity contribution in [1.29, 1.82) is 0 Å². The zero-order chi connectivity index (χ0) is 15.0. The van der Waals surface area contributed by atoms with Crippen LogP contribution in [0.25, 0.3) is 11.2 Å². The number of aryl methyl sites for hydroxylation is 1. The Hall–Kier alpha value is -1.33. The summed E-state index contributed by atoms with van der Waals surface area (Å²) in [6.07, 6.45) is 3.30. The van der Waals surface area contributed by atoms with Crippen molar-refractivity contribution in [2.24, 2.45) is 0 Å². The number of fused-ring (bicyclic) bond motifs is 1. The van der Waals surface area contributed by atoms with Crippen molar-refractivity contribution in [2.45, 2.75) is 52.3 Å². The second-order valence-electron chi connectivity index (χ2n) is 5.81. The van der Waals surface area contributed by atoms with E-state index in [2.05, 4.69) is 33.7 Å². The molecule has 0 aliphatic carbocycles. The molecule has 1 aliphatic rings. The number of rotatable bonds is 3. The second kappa shape index (κ2) is 5.81. The lowest BCUT2D eigenvalue weighted by atomic mass is 10.2. The fraction of sp³-hybridized carbons (Fsp3) is 0.600. The van der Waals surface area contributed by atoms with E-state index in [0.29, 0.717) is 11.2 Å². The van der Waals surface area contributed by atoms with Gasteiger partial charge in [0.05, 0.1) is 5.69 Å². The van der Waals surface area contributed by atoms with Crippen LogP contribution in [0, 0.1) is 6.92 Å². The smallest absolute Gasteiger partial charge is 0.166 e. The van der Waals surface area contributed by atoms with Gasteiger partial charge < -0.3 is 10.1 Å². The second-order valence-corrected chi connectivity index (χ2v) is 6.20. The molecule has 2 aromatic rings. The van der Waals surface area contributed by atoms with Crippen LogP contribution in [0.2, 0.25) is 5.15 Å². The van der Waals surface area contributed by atoms with E-state index in [1.54, 1.807) is 0 Å². The first-order valence-corrected chi connectivity index (χ1v) is 7.87. The summed E-state index contributed by atoms with van der Waals surface area (Å²) in [6, 6.07) is 2.14. The molecule has 5 nitrogen and oxygen atoms in total. The number of hydrogen-bond donors (Lipinski definition) is 1. The van der Waals surface area contributed by atoms with Gasteiger partial charge in [0.1, 0.15) is 22.7 Å². The molecule has 3 rings (SSSR count). The summed E-state index contributed by atoms with van der Waals surface area (Å²) in [5.41, 5.74) is 2.59. The highest BCUT2D eigenvalue weighted by Gasteiger charge is 2.23. The van der Waals surface area contributed by atoms with Gasteiger partial charge in [-0.3, -0.25) is 4.57 Å². The minimum atomic E-state index is 0.0154. The standard InChI is InChI=1S/C15H21ClN4O/c1-9(2)17-11-8-12(16)19-15-14(11)18-10(3)20(15)13-6-4-5-7-21-13/h8-9,13H,4-7H2,1-3H3,(H,17,19). The topological polar surface area (TPSA) is 52.0 Å². The summed E-state index contributed by atoms with van der Waals surface area (Å²) >= 11 is 6.19. The largest absolute Gasteiger partial charge is 0.381 e. The Morgan fingerprint density at radius 1 is 1.38 bits per heavy atom. The van der Waals surface area contributed by atoms with Crippen LogP contribution < -0.4 is 5.32 Å². The molecule has 3 heterocycles. The third-order valence-electron chi connectivity index (χ3n) is 3.68. The molecule has 1 unspecified atom stereocenters. The Labute approximate surface area is 129 Å². The molecule has 2 aromatic heterocycles. The molecular weight excluding hydrogens is 288 g/mol. The van der Waals surface area contributed by atoms with E-state index in [9.17, 15) is 0 Å². The SMILES string of the molecule is Cc1nc2c(NC(C)C)cc(Cl)nc2n1C1CCCCO1. The van der Waals surface area contributed by atoms with Crippen LogP contribution in [0.3, 0.4) is 0 Å². The highest BCUT2D eigenvalue weighted by Crippen LogP contribution is 2.32. The van der Waals surface area contributed by atoms with E-state index in [1.807, 2.05) is 13.0 Å². The average Bonchev–Trinajstić information content (AvgIpc) is 2.75. The molecule has 114 valence electrons. The van der Waals surface area contributed by atoms with E-state index in [4.69, 9.17) is 16.3 Å². The van der Waals surface area contributed by atoms with Crippen molar-refractivity contribution in [3.63, 3.8) is 0 Å². The van der Waals surface area contributed by atoms with Gasteiger partial charge in [0.2, 0.25) is 0 Å². The Morgan fingerprint density at radius 2 is 2.19 bits per heavy atom. The van der Waals surface area contributed by atoms with Crippen LogP contribution in [0.15, 0.2) is 6.07 Å². The van der Waals surface area contributed by atoms with Crippen LogP contribution >= 0.6 is 11.6 Å². The Bertz CT molecular complexity index is 647. The molecule has 0 saturated carbocycles. The predicted octanol–water partition coefficient (Wildman–Crippen LogP) is 3.91. The maximum absolute atomic E-state index is 6.19. The Morgan fingerprint density at radius 3 is 2.86 bits per heavy atom. The van der Waals surface area contributed by atoms with Gasteiger partial charge in [-0.25, -0.2) is 9.97 Å². The summed E-state index contributed by atoms with van der Waals surface area (Å²) < 4.78 is 7.97. The average molecular weight is 309 g/mol. The molecule has 0 radical (unpaired) electrons. The Balaban J connectivity index is 2.12. The molecule has 1 saturated heterocycles. The number of nitrogens with one attached hydrogen (secondary N) is 1. The van der Waals surface area contributed by atoms with E-state index in [0.717, 1.165) is 42.1 Å². The first-order chi connectivity index (χ1) is 10.1. The van der Waals surface area contributed by atoms with E-state index >= 15 is 0 Å². The minimum Gasteiger partial charge on any atom is -0.381 e. The van der Waals surface area contributed by atoms with Crippen molar-refractivity contribution >= 4 is 28.5 Å². The van der Waals surface area contributed by atoms with Gasteiger partial charge >= 0.3 is 0 Å². The van der Waals surface area contributed by atoms with E-state index in [1.165, 1.54) is 6.42 Å². The third kappa shape index (κ3) is 2.85. The number of aromatic nitrogens is 3.